The van der Waals surface area contributed by atoms with E-state index in [2.05, 4.69) is 18.8 Å². The van der Waals surface area contributed by atoms with E-state index in [1.54, 1.807) is 24.3 Å². The molecule has 2 aromatic heterocycles. The number of carboxylic acid groups (broad SMARTS) is 1. The van der Waals surface area contributed by atoms with Gasteiger partial charge in [0.2, 0.25) is 0 Å². The van der Waals surface area contributed by atoms with Crippen LogP contribution >= 0.6 is 0 Å². The van der Waals surface area contributed by atoms with Gasteiger partial charge in [-0.2, -0.15) is 0 Å². The van der Waals surface area contributed by atoms with Crippen molar-refractivity contribution in [1.29, 1.82) is 0 Å². The second-order valence-corrected chi connectivity index (χ2v) is 5.67. The molecule has 0 aliphatic carbocycles. The van der Waals surface area contributed by atoms with E-state index in [-0.39, 0.29) is 12.2 Å². The van der Waals surface area contributed by atoms with Gasteiger partial charge in [0.05, 0.1) is 11.3 Å². The van der Waals surface area contributed by atoms with Gasteiger partial charge >= 0.3 is 5.97 Å². The zero-order valence-electron chi connectivity index (χ0n) is 13.1. The van der Waals surface area contributed by atoms with E-state index in [9.17, 15) is 9.90 Å². The van der Waals surface area contributed by atoms with Gasteiger partial charge in [0.15, 0.2) is 11.4 Å². The molecule has 0 atom stereocenters. The number of pyridine rings is 1. The zero-order valence-corrected chi connectivity index (χ0v) is 13.1. The molecule has 0 amide bonds. The second-order valence-electron chi connectivity index (χ2n) is 5.67. The van der Waals surface area contributed by atoms with Gasteiger partial charge in [-0.1, -0.05) is 32.0 Å². The first-order valence-corrected chi connectivity index (χ1v) is 7.48. The molecule has 0 saturated heterocycles. The Bertz CT molecular complexity index is 852. The number of aromatic nitrogens is 2. The highest BCUT2D eigenvalue weighted by molar-refractivity contribution is 5.89. The highest BCUT2D eigenvalue weighted by atomic mass is 16.5. The lowest BCUT2D eigenvalue weighted by Crippen LogP contribution is -2.05. The van der Waals surface area contributed by atoms with Gasteiger partial charge in [0, 0.05) is 18.0 Å². The van der Waals surface area contributed by atoms with Gasteiger partial charge in [-0.3, -0.25) is 0 Å². The average molecular weight is 310 g/mol. The number of fused-ring (bicyclic) bond motifs is 1. The van der Waals surface area contributed by atoms with Gasteiger partial charge in [0.25, 0.3) is 0 Å². The molecule has 0 spiro atoms. The highest BCUT2D eigenvalue weighted by Crippen LogP contribution is 2.23. The normalized spacial score (nSPS) is 11.1. The third-order valence-electron chi connectivity index (χ3n) is 3.69. The van der Waals surface area contributed by atoms with Gasteiger partial charge in [-0.15, -0.1) is 0 Å². The summed E-state index contributed by atoms with van der Waals surface area (Å²) in [7, 11) is 0. The standard InChI is InChI=1S/C18H18N2O3/c1-12(2)15-10-20-9-5-8-16(17(20)19-15)23-11-13-6-3-4-7-14(13)18(21)22/h3-10,12H,11H2,1-2H3,(H,21,22). The first-order chi connectivity index (χ1) is 11.1. The number of hydrogen-bond donors (Lipinski definition) is 1. The molecule has 0 bridgehead atoms. The first kappa shape index (κ1) is 15.1. The first-order valence-electron chi connectivity index (χ1n) is 7.48. The summed E-state index contributed by atoms with van der Waals surface area (Å²) in [6.07, 6.45) is 3.91. The summed E-state index contributed by atoms with van der Waals surface area (Å²) in [5.41, 5.74) is 2.62. The smallest absolute Gasteiger partial charge is 0.336 e. The predicted octanol–water partition coefficient (Wildman–Crippen LogP) is 3.73. The van der Waals surface area contributed by atoms with Crippen molar-refractivity contribution in [2.75, 3.05) is 0 Å². The molecule has 2 heterocycles. The lowest BCUT2D eigenvalue weighted by Gasteiger charge is -2.09. The maximum Gasteiger partial charge on any atom is 0.336 e. The van der Waals surface area contributed by atoms with Gasteiger partial charge in [0.1, 0.15) is 6.61 Å². The zero-order chi connectivity index (χ0) is 16.4. The van der Waals surface area contributed by atoms with Gasteiger partial charge in [-0.25, -0.2) is 9.78 Å². The molecule has 0 aliphatic heterocycles. The lowest BCUT2D eigenvalue weighted by molar-refractivity contribution is 0.0694. The van der Waals surface area contributed by atoms with Crippen LogP contribution in [-0.4, -0.2) is 20.5 Å². The molecule has 0 radical (unpaired) electrons. The number of nitrogens with zero attached hydrogens (tertiary/aromatic N) is 2. The van der Waals surface area contributed by atoms with Crippen molar-refractivity contribution < 1.29 is 14.6 Å². The highest BCUT2D eigenvalue weighted by Gasteiger charge is 2.12. The number of carboxylic acids is 1. The molecular weight excluding hydrogens is 292 g/mol. The van der Waals surface area contributed by atoms with Gasteiger partial charge < -0.3 is 14.2 Å². The van der Waals surface area contributed by atoms with Crippen molar-refractivity contribution in [1.82, 2.24) is 9.38 Å². The molecule has 0 aliphatic rings. The molecule has 23 heavy (non-hydrogen) atoms. The van der Waals surface area contributed by atoms with Crippen LogP contribution in [0.15, 0.2) is 48.8 Å². The molecule has 5 nitrogen and oxygen atoms in total. The monoisotopic (exact) mass is 310 g/mol. The Morgan fingerprint density at radius 1 is 1.26 bits per heavy atom. The summed E-state index contributed by atoms with van der Waals surface area (Å²) in [4.78, 5) is 15.9. The second kappa shape index (κ2) is 6.12. The van der Waals surface area contributed by atoms with Crippen LogP contribution in [0, 0.1) is 0 Å². The summed E-state index contributed by atoms with van der Waals surface area (Å²) in [6.45, 7) is 4.36. The minimum atomic E-state index is -0.953. The topological polar surface area (TPSA) is 63.8 Å². The number of ether oxygens (including phenoxy) is 1. The minimum absolute atomic E-state index is 0.187. The summed E-state index contributed by atoms with van der Waals surface area (Å²) < 4.78 is 7.77. The number of aromatic carboxylic acids is 1. The lowest BCUT2D eigenvalue weighted by atomic mass is 10.1. The van der Waals surface area contributed by atoms with Crippen molar-refractivity contribution in [3.05, 3.63) is 65.6 Å². The molecular formula is C18H18N2O3. The van der Waals surface area contributed by atoms with Crippen molar-refractivity contribution in [3.63, 3.8) is 0 Å². The fraction of sp³-hybridized carbons (Fsp3) is 0.222. The van der Waals surface area contributed by atoms with Crippen molar-refractivity contribution >= 4 is 11.6 Å². The van der Waals surface area contributed by atoms with Crippen molar-refractivity contribution in [2.45, 2.75) is 26.4 Å². The van der Waals surface area contributed by atoms with Crippen LogP contribution < -0.4 is 4.74 Å². The Balaban J connectivity index is 1.89. The Morgan fingerprint density at radius 2 is 2.04 bits per heavy atom. The molecule has 0 saturated carbocycles. The minimum Gasteiger partial charge on any atom is -0.485 e. The van der Waals surface area contributed by atoms with E-state index in [4.69, 9.17) is 4.74 Å². The van der Waals surface area contributed by atoms with Crippen LogP contribution in [0.5, 0.6) is 5.75 Å². The number of imidazole rings is 1. The fourth-order valence-corrected chi connectivity index (χ4v) is 2.41. The van der Waals surface area contributed by atoms with E-state index in [0.717, 1.165) is 11.3 Å². The number of hydrogen-bond acceptors (Lipinski definition) is 3. The summed E-state index contributed by atoms with van der Waals surface area (Å²) in [6, 6.07) is 10.6. The maximum absolute atomic E-state index is 11.3. The molecule has 0 unspecified atom stereocenters. The predicted molar refractivity (Wildman–Crippen MR) is 87.0 cm³/mol. The van der Waals surface area contributed by atoms with E-state index in [1.807, 2.05) is 28.9 Å². The molecule has 3 rings (SSSR count). The Kier molecular flexibility index (Phi) is 4.02. The van der Waals surface area contributed by atoms with E-state index in [0.29, 0.717) is 17.2 Å². The van der Waals surface area contributed by atoms with Gasteiger partial charge in [-0.05, 0) is 24.1 Å². The van der Waals surface area contributed by atoms with E-state index in [1.165, 1.54) is 0 Å². The summed E-state index contributed by atoms with van der Waals surface area (Å²) in [5, 5.41) is 9.23. The fourth-order valence-electron chi connectivity index (χ4n) is 2.41. The van der Waals surface area contributed by atoms with Crippen LogP contribution in [0.3, 0.4) is 0 Å². The average Bonchev–Trinajstić information content (AvgIpc) is 2.98. The summed E-state index contributed by atoms with van der Waals surface area (Å²) in [5.74, 6) is 0.0143. The van der Waals surface area contributed by atoms with Crippen LogP contribution in [0.2, 0.25) is 0 Å². The third-order valence-corrected chi connectivity index (χ3v) is 3.69. The largest absolute Gasteiger partial charge is 0.485 e. The van der Waals surface area contributed by atoms with Crippen molar-refractivity contribution in [2.24, 2.45) is 0 Å². The summed E-state index contributed by atoms with van der Waals surface area (Å²) >= 11 is 0. The van der Waals surface area contributed by atoms with Crippen LogP contribution in [0.4, 0.5) is 0 Å². The van der Waals surface area contributed by atoms with Crippen LogP contribution in [0.1, 0.15) is 41.4 Å². The Hall–Kier alpha value is -2.82. The van der Waals surface area contributed by atoms with Crippen LogP contribution in [-0.2, 0) is 6.61 Å². The molecule has 1 N–H and O–H groups in total. The molecule has 118 valence electrons. The molecule has 0 fully saturated rings. The maximum atomic E-state index is 11.3. The van der Waals surface area contributed by atoms with Crippen LogP contribution in [0.25, 0.3) is 5.65 Å². The Labute approximate surface area is 134 Å². The Morgan fingerprint density at radius 3 is 2.78 bits per heavy atom. The molecule has 5 heteroatoms. The quantitative estimate of drug-likeness (QED) is 0.780. The van der Waals surface area contributed by atoms with Crippen molar-refractivity contribution in [3.8, 4) is 5.75 Å². The number of carbonyl (C=O) groups is 1. The molecule has 1 aromatic carbocycles. The third kappa shape index (κ3) is 3.04. The van der Waals surface area contributed by atoms with E-state index >= 15 is 0 Å². The number of rotatable bonds is 5. The molecule has 3 aromatic rings. The SMILES string of the molecule is CC(C)c1cn2cccc(OCc3ccccc3C(=O)O)c2n1. The van der Waals surface area contributed by atoms with E-state index < -0.39 is 5.97 Å². The number of benzene rings is 1.